The Kier molecular flexibility index (Phi) is 5.68. The number of methoxy groups -OCH3 is 2. The molecule has 2 aromatic rings. The topological polar surface area (TPSA) is 42.0 Å². The molecule has 2 aromatic carbocycles. The fourth-order valence-corrected chi connectivity index (χ4v) is 2.43. The molecule has 0 aromatic heterocycles. The van der Waals surface area contributed by atoms with Crippen LogP contribution in [-0.4, -0.2) is 46.2 Å². The molecule has 1 amide bonds. The molecule has 128 valence electrons. The van der Waals surface area contributed by atoms with Gasteiger partial charge in [-0.2, -0.15) is 0 Å². The molecule has 0 bridgehead atoms. The van der Waals surface area contributed by atoms with Crippen LogP contribution in [0.15, 0.2) is 42.5 Å². The van der Waals surface area contributed by atoms with Crippen molar-refractivity contribution in [3.63, 3.8) is 0 Å². The first-order chi connectivity index (χ1) is 11.5. The van der Waals surface area contributed by atoms with Gasteiger partial charge in [-0.3, -0.25) is 4.79 Å². The first-order valence-electron chi connectivity index (χ1n) is 7.70. The Labute approximate surface area is 143 Å². The van der Waals surface area contributed by atoms with Gasteiger partial charge in [-0.15, -0.1) is 0 Å². The molecule has 0 N–H and O–H groups in total. The summed E-state index contributed by atoms with van der Waals surface area (Å²) >= 11 is 0. The number of hydrogen-bond acceptors (Lipinski definition) is 4. The number of benzene rings is 2. The minimum Gasteiger partial charge on any atom is -0.497 e. The van der Waals surface area contributed by atoms with Crippen LogP contribution in [0.5, 0.6) is 11.5 Å². The van der Waals surface area contributed by atoms with Crippen molar-refractivity contribution in [2.24, 2.45) is 0 Å². The number of ether oxygens (including phenoxy) is 2. The maximum atomic E-state index is 12.8. The van der Waals surface area contributed by atoms with Crippen LogP contribution in [-0.2, 0) is 6.54 Å². The molecular weight excluding hydrogens is 304 g/mol. The van der Waals surface area contributed by atoms with Crippen molar-refractivity contribution in [2.75, 3.05) is 40.3 Å². The Morgan fingerprint density at radius 2 is 1.62 bits per heavy atom. The maximum Gasteiger partial charge on any atom is 0.257 e. The van der Waals surface area contributed by atoms with Crippen LogP contribution in [0.3, 0.4) is 0 Å². The lowest BCUT2D eigenvalue weighted by Gasteiger charge is -2.20. The second kappa shape index (κ2) is 7.73. The SMILES string of the molecule is COc1ccc(OC)c(C(=O)N(C)Cc2ccc(N(C)C)cc2)c1. The number of anilines is 1. The third-order valence-electron chi connectivity index (χ3n) is 3.86. The van der Waals surface area contributed by atoms with Crippen LogP contribution in [0.1, 0.15) is 15.9 Å². The molecule has 0 fully saturated rings. The largest absolute Gasteiger partial charge is 0.497 e. The quantitative estimate of drug-likeness (QED) is 0.817. The second-order valence-corrected chi connectivity index (χ2v) is 5.79. The van der Waals surface area contributed by atoms with Crippen LogP contribution in [0.2, 0.25) is 0 Å². The number of hydrogen-bond donors (Lipinski definition) is 0. The molecular formula is C19H24N2O3. The Balaban J connectivity index is 2.17. The van der Waals surface area contributed by atoms with E-state index in [9.17, 15) is 4.79 Å². The summed E-state index contributed by atoms with van der Waals surface area (Å²) in [5.41, 5.74) is 2.68. The van der Waals surface area contributed by atoms with E-state index >= 15 is 0 Å². The molecule has 5 heteroatoms. The number of rotatable bonds is 6. The van der Waals surface area contributed by atoms with Gasteiger partial charge in [-0.1, -0.05) is 12.1 Å². The van der Waals surface area contributed by atoms with E-state index in [2.05, 4.69) is 0 Å². The van der Waals surface area contributed by atoms with E-state index in [0.29, 0.717) is 23.6 Å². The fourth-order valence-electron chi connectivity index (χ4n) is 2.43. The van der Waals surface area contributed by atoms with Crippen molar-refractivity contribution in [1.29, 1.82) is 0 Å². The monoisotopic (exact) mass is 328 g/mol. The normalized spacial score (nSPS) is 10.2. The van der Waals surface area contributed by atoms with E-state index in [1.165, 1.54) is 0 Å². The van der Waals surface area contributed by atoms with Crippen LogP contribution in [0.25, 0.3) is 0 Å². The van der Waals surface area contributed by atoms with Crippen molar-refractivity contribution < 1.29 is 14.3 Å². The number of amides is 1. The average molecular weight is 328 g/mol. The zero-order valence-electron chi connectivity index (χ0n) is 14.9. The van der Waals surface area contributed by atoms with Gasteiger partial charge >= 0.3 is 0 Å². The highest BCUT2D eigenvalue weighted by molar-refractivity contribution is 5.97. The zero-order valence-corrected chi connectivity index (χ0v) is 14.9. The molecule has 0 aliphatic carbocycles. The van der Waals surface area contributed by atoms with Crippen molar-refractivity contribution in [2.45, 2.75) is 6.54 Å². The Morgan fingerprint density at radius 1 is 0.958 bits per heavy atom. The third-order valence-corrected chi connectivity index (χ3v) is 3.86. The first-order valence-corrected chi connectivity index (χ1v) is 7.70. The maximum absolute atomic E-state index is 12.8. The number of carbonyl (C=O) groups excluding carboxylic acids is 1. The third kappa shape index (κ3) is 3.98. The van der Waals surface area contributed by atoms with E-state index < -0.39 is 0 Å². The standard InChI is InChI=1S/C19H24N2O3/c1-20(2)15-8-6-14(7-9-15)13-21(3)19(22)17-12-16(23-4)10-11-18(17)24-5/h6-12H,13H2,1-5H3. The van der Waals surface area contributed by atoms with E-state index in [1.54, 1.807) is 44.4 Å². The molecule has 0 heterocycles. The minimum atomic E-state index is -0.109. The summed E-state index contributed by atoms with van der Waals surface area (Å²) in [7, 11) is 8.91. The van der Waals surface area contributed by atoms with Crippen LogP contribution < -0.4 is 14.4 Å². The van der Waals surface area contributed by atoms with E-state index in [0.717, 1.165) is 11.3 Å². The predicted octanol–water partition coefficient (Wildman–Crippen LogP) is 3.04. The lowest BCUT2D eigenvalue weighted by Crippen LogP contribution is -2.26. The zero-order chi connectivity index (χ0) is 17.7. The molecule has 0 aliphatic heterocycles. The molecule has 0 saturated heterocycles. The van der Waals surface area contributed by atoms with Gasteiger partial charge < -0.3 is 19.3 Å². The van der Waals surface area contributed by atoms with E-state index in [-0.39, 0.29) is 5.91 Å². The minimum absolute atomic E-state index is 0.109. The Hall–Kier alpha value is -2.69. The molecule has 0 atom stereocenters. The van der Waals surface area contributed by atoms with Gasteiger partial charge in [0, 0.05) is 33.4 Å². The average Bonchev–Trinajstić information content (AvgIpc) is 2.60. The lowest BCUT2D eigenvalue weighted by atomic mass is 10.1. The highest BCUT2D eigenvalue weighted by Gasteiger charge is 2.18. The molecule has 0 aliphatic rings. The van der Waals surface area contributed by atoms with Gasteiger partial charge in [-0.25, -0.2) is 0 Å². The van der Waals surface area contributed by atoms with Gasteiger partial charge in [0.1, 0.15) is 11.5 Å². The summed E-state index contributed by atoms with van der Waals surface area (Å²) in [4.78, 5) is 16.5. The van der Waals surface area contributed by atoms with Gasteiger partial charge in [0.25, 0.3) is 5.91 Å². The lowest BCUT2D eigenvalue weighted by molar-refractivity contribution is 0.0781. The van der Waals surface area contributed by atoms with Crippen molar-refractivity contribution >= 4 is 11.6 Å². The summed E-state index contributed by atoms with van der Waals surface area (Å²) in [6.07, 6.45) is 0. The fraction of sp³-hybridized carbons (Fsp3) is 0.316. The number of nitrogens with zero attached hydrogens (tertiary/aromatic N) is 2. The van der Waals surface area contributed by atoms with Gasteiger partial charge in [-0.05, 0) is 35.9 Å². The molecule has 5 nitrogen and oxygen atoms in total. The molecule has 0 saturated carbocycles. The van der Waals surface area contributed by atoms with E-state index in [4.69, 9.17) is 9.47 Å². The molecule has 0 radical (unpaired) electrons. The van der Waals surface area contributed by atoms with Crippen LogP contribution >= 0.6 is 0 Å². The predicted molar refractivity (Wildman–Crippen MR) is 96.1 cm³/mol. The molecule has 24 heavy (non-hydrogen) atoms. The van der Waals surface area contributed by atoms with Crippen molar-refractivity contribution in [3.05, 3.63) is 53.6 Å². The summed E-state index contributed by atoms with van der Waals surface area (Å²) in [6.45, 7) is 0.521. The Bertz CT molecular complexity index is 696. The van der Waals surface area contributed by atoms with Crippen LogP contribution in [0, 0.1) is 0 Å². The summed E-state index contributed by atoms with van der Waals surface area (Å²) in [5.74, 6) is 1.06. The first kappa shape index (κ1) is 17.7. The summed E-state index contributed by atoms with van der Waals surface area (Å²) < 4.78 is 10.5. The molecule has 0 spiro atoms. The molecule has 0 unspecified atom stereocenters. The highest BCUT2D eigenvalue weighted by atomic mass is 16.5. The highest BCUT2D eigenvalue weighted by Crippen LogP contribution is 2.25. The summed E-state index contributed by atoms with van der Waals surface area (Å²) in [6, 6.07) is 13.4. The second-order valence-electron chi connectivity index (χ2n) is 5.79. The van der Waals surface area contributed by atoms with Gasteiger partial charge in [0.15, 0.2) is 0 Å². The summed E-state index contributed by atoms with van der Waals surface area (Å²) in [5, 5.41) is 0. The molecule has 2 rings (SSSR count). The van der Waals surface area contributed by atoms with E-state index in [1.807, 2.05) is 43.3 Å². The Morgan fingerprint density at radius 3 is 2.17 bits per heavy atom. The van der Waals surface area contributed by atoms with Crippen molar-refractivity contribution in [1.82, 2.24) is 4.90 Å². The van der Waals surface area contributed by atoms with Crippen LogP contribution in [0.4, 0.5) is 5.69 Å². The van der Waals surface area contributed by atoms with Gasteiger partial charge in [0.2, 0.25) is 0 Å². The smallest absolute Gasteiger partial charge is 0.257 e. The van der Waals surface area contributed by atoms with Gasteiger partial charge in [0.05, 0.1) is 19.8 Å². The van der Waals surface area contributed by atoms with Crippen molar-refractivity contribution in [3.8, 4) is 11.5 Å². The number of carbonyl (C=O) groups is 1.